The topological polar surface area (TPSA) is 49.4 Å². The lowest BCUT2D eigenvalue weighted by molar-refractivity contribution is -0.137. The van der Waals surface area contributed by atoms with Gasteiger partial charge < -0.3 is 10.2 Å². The molecular formula is C22H25ClN2O2. The third-order valence-corrected chi connectivity index (χ3v) is 5.30. The molecular weight excluding hydrogens is 360 g/mol. The van der Waals surface area contributed by atoms with E-state index in [1.807, 2.05) is 23.1 Å². The van der Waals surface area contributed by atoms with Crippen LogP contribution in [0.1, 0.15) is 30.4 Å². The van der Waals surface area contributed by atoms with Gasteiger partial charge in [0, 0.05) is 24.7 Å². The minimum atomic E-state index is -0.235. The average molecular weight is 385 g/mol. The second-order valence-electron chi connectivity index (χ2n) is 7.09. The molecule has 1 aliphatic rings. The highest BCUT2D eigenvalue weighted by Crippen LogP contribution is 2.22. The minimum absolute atomic E-state index is 0.0817. The lowest BCUT2D eigenvalue weighted by Crippen LogP contribution is -2.41. The van der Waals surface area contributed by atoms with Crippen molar-refractivity contribution in [2.45, 2.75) is 32.2 Å². The van der Waals surface area contributed by atoms with Crippen molar-refractivity contribution in [3.63, 3.8) is 0 Å². The zero-order chi connectivity index (χ0) is 19.1. The first kappa shape index (κ1) is 19.4. The number of amides is 2. The van der Waals surface area contributed by atoms with E-state index in [1.165, 1.54) is 5.56 Å². The van der Waals surface area contributed by atoms with Crippen LogP contribution in [0.15, 0.2) is 54.6 Å². The number of hydrogen-bond donors (Lipinski definition) is 1. The highest BCUT2D eigenvalue weighted by Gasteiger charge is 2.24. The maximum atomic E-state index is 12.4. The number of hydrogen-bond acceptors (Lipinski definition) is 2. The van der Waals surface area contributed by atoms with Crippen LogP contribution in [0, 0.1) is 5.92 Å². The molecule has 4 nitrogen and oxygen atoms in total. The van der Waals surface area contributed by atoms with Crippen LogP contribution in [-0.4, -0.2) is 29.8 Å². The molecule has 142 valence electrons. The van der Waals surface area contributed by atoms with Gasteiger partial charge in [-0.3, -0.25) is 9.59 Å². The largest absolute Gasteiger partial charge is 0.352 e. The summed E-state index contributed by atoms with van der Waals surface area (Å²) in [4.78, 5) is 26.3. The van der Waals surface area contributed by atoms with Crippen molar-refractivity contribution < 1.29 is 9.59 Å². The van der Waals surface area contributed by atoms with E-state index in [0.717, 1.165) is 37.9 Å². The summed E-state index contributed by atoms with van der Waals surface area (Å²) in [7, 11) is 0. The number of nitrogens with zero attached hydrogens (tertiary/aromatic N) is 1. The normalized spacial score (nSPS) is 14.8. The monoisotopic (exact) mass is 384 g/mol. The fraction of sp³-hybridized carbons (Fsp3) is 0.364. The third kappa shape index (κ3) is 6.10. The Hall–Kier alpha value is -2.33. The summed E-state index contributed by atoms with van der Waals surface area (Å²) in [6, 6.07) is 17.8. The second-order valence-corrected chi connectivity index (χ2v) is 7.53. The molecule has 0 aliphatic carbocycles. The number of benzene rings is 2. The van der Waals surface area contributed by atoms with Gasteiger partial charge in [0.05, 0.1) is 0 Å². The maximum Gasteiger partial charge on any atom is 0.232 e. The molecule has 2 aromatic carbocycles. The van der Waals surface area contributed by atoms with Crippen LogP contribution in [0.25, 0.3) is 0 Å². The number of carbonyl (C=O) groups excluding carboxylic acids is 2. The molecule has 3 rings (SSSR count). The van der Waals surface area contributed by atoms with E-state index in [0.29, 0.717) is 17.5 Å². The standard InChI is InChI=1S/C22H25ClN2O2/c23-20-8-6-19(7-9-20)16-24-21(26)15-22(27)25-12-10-18(11-13-25)14-17-4-2-1-3-5-17/h1-9,18H,10-16H2,(H,24,26). The van der Waals surface area contributed by atoms with Crippen molar-refractivity contribution in [1.29, 1.82) is 0 Å². The van der Waals surface area contributed by atoms with Crippen LogP contribution >= 0.6 is 11.6 Å². The summed E-state index contributed by atoms with van der Waals surface area (Å²) in [5, 5.41) is 3.46. The van der Waals surface area contributed by atoms with E-state index in [-0.39, 0.29) is 18.2 Å². The molecule has 2 amide bonds. The molecule has 1 saturated heterocycles. The minimum Gasteiger partial charge on any atom is -0.352 e. The van der Waals surface area contributed by atoms with E-state index in [9.17, 15) is 9.59 Å². The fourth-order valence-electron chi connectivity index (χ4n) is 3.45. The first-order valence-corrected chi connectivity index (χ1v) is 9.81. The smallest absolute Gasteiger partial charge is 0.232 e. The SMILES string of the molecule is O=C(CC(=O)N1CCC(Cc2ccccc2)CC1)NCc1ccc(Cl)cc1. The Bertz CT molecular complexity index is 754. The summed E-state index contributed by atoms with van der Waals surface area (Å²) in [5.41, 5.74) is 2.31. The summed E-state index contributed by atoms with van der Waals surface area (Å²) in [6.07, 6.45) is 2.96. The molecule has 0 saturated carbocycles. The van der Waals surface area contributed by atoms with E-state index < -0.39 is 0 Å². The Morgan fingerprint density at radius 2 is 1.63 bits per heavy atom. The second kappa shape index (κ2) is 9.56. The summed E-state index contributed by atoms with van der Waals surface area (Å²) in [5.74, 6) is 0.290. The predicted octanol–water partition coefficient (Wildman–Crippen LogP) is 3.83. The van der Waals surface area contributed by atoms with Gasteiger partial charge in [0.2, 0.25) is 11.8 Å². The van der Waals surface area contributed by atoms with Crippen molar-refractivity contribution in [1.82, 2.24) is 10.2 Å². The average Bonchev–Trinajstić information content (AvgIpc) is 2.69. The van der Waals surface area contributed by atoms with Crippen molar-refractivity contribution in [2.24, 2.45) is 5.92 Å². The number of likely N-dealkylation sites (tertiary alicyclic amines) is 1. The van der Waals surface area contributed by atoms with Gasteiger partial charge >= 0.3 is 0 Å². The predicted molar refractivity (Wildman–Crippen MR) is 107 cm³/mol. The van der Waals surface area contributed by atoms with Gasteiger partial charge in [0.25, 0.3) is 0 Å². The zero-order valence-electron chi connectivity index (χ0n) is 15.4. The molecule has 0 radical (unpaired) electrons. The lowest BCUT2D eigenvalue weighted by Gasteiger charge is -2.32. The number of piperidine rings is 1. The first-order valence-electron chi connectivity index (χ1n) is 9.43. The number of nitrogens with one attached hydrogen (secondary N) is 1. The molecule has 0 unspecified atom stereocenters. The zero-order valence-corrected chi connectivity index (χ0v) is 16.1. The third-order valence-electron chi connectivity index (χ3n) is 5.05. The van der Waals surface area contributed by atoms with Crippen molar-refractivity contribution in [3.8, 4) is 0 Å². The van der Waals surface area contributed by atoms with E-state index in [4.69, 9.17) is 11.6 Å². The number of carbonyl (C=O) groups is 2. The molecule has 0 bridgehead atoms. The van der Waals surface area contributed by atoms with Gasteiger partial charge in [-0.05, 0) is 48.4 Å². The molecule has 0 atom stereocenters. The van der Waals surface area contributed by atoms with Crippen LogP contribution in [0.4, 0.5) is 0 Å². The Morgan fingerprint density at radius 3 is 2.30 bits per heavy atom. The Morgan fingerprint density at radius 1 is 0.963 bits per heavy atom. The van der Waals surface area contributed by atoms with E-state index in [1.54, 1.807) is 12.1 Å². The van der Waals surface area contributed by atoms with Crippen molar-refractivity contribution >= 4 is 23.4 Å². The molecule has 5 heteroatoms. The first-order chi connectivity index (χ1) is 13.1. The van der Waals surface area contributed by atoms with Gasteiger partial charge in [-0.2, -0.15) is 0 Å². The molecule has 27 heavy (non-hydrogen) atoms. The van der Waals surface area contributed by atoms with Gasteiger partial charge in [-0.25, -0.2) is 0 Å². The quantitative estimate of drug-likeness (QED) is 0.769. The molecule has 1 aliphatic heterocycles. The van der Waals surface area contributed by atoms with Crippen LogP contribution in [0.2, 0.25) is 5.02 Å². The number of halogens is 1. The Labute approximate surface area is 165 Å². The Balaban J connectivity index is 1.38. The molecule has 1 fully saturated rings. The van der Waals surface area contributed by atoms with Crippen LogP contribution in [-0.2, 0) is 22.6 Å². The highest BCUT2D eigenvalue weighted by molar-refractivity contribution is 6.30. The van der Waals surface area contributed by atoms with E-state index >= 15 is 0 Å². The van der Waals surface area contributed by atoms with Gasteiger partial charge in [-0.15, -0.1) is 0 Å². The molecule has 2 aromatic rings. The lowest BCUT2D eigenvalue weighted by atomic mass is 9.90. The van der Waals surface area contributed by atoms with Crippen LogP contribution in [0.3, 0.4) is 0 Å². The van der Waals surface area contributed by atoms with Crippen LogP contribution < -0.4 is 5.32 Å². The van der Waals surface area contributed by atoms with Crippen molar-refractivity contribution in [2.75, 3.05) is 13.1 Å². The van der Waals surface area contributed by atoms with E-state index in [2.05, 4.69) is 29.6 Å². The molecule has 0 spiro atoms. The number of rotatable bonds is 6. The molecule has 0 aromatic heterocycles. The van der Waals surface area contributed by atoms with Crippen LogP contribution in [0.5, 0.6) is 0 Å². The summed E-state index contributed by atoms with van der Waals surface area (Å²) >= 11 is 5.85. The fourth-order valence-corrected chi connectivity index (χ4v) is 3.57. The molecule has 1 heterocycles. The summed E-state index contributed by atoms with van der Waals surface area (Å²) in [6.45, 7) is 1.88. The van der Waals surface area contributed by atoms with Gasteiger partial charge in [-0.1, -0.05) is 54.1 Å². The summed E-state index contributed by atoms with van der Waals surface area (Å²) < 4.78 is 0. The highest BCUT2D eigenvalue weighted by atomic mass is 35.5. The maximum absolute atomic E-state index is 12.4. The van der Waals surface area contributed by atoms with Gasteiger partial charge in [0.1, 0.15) is 6.42 Å². The Kier molecular flexibility index (Phi) is 6.88. The van der Waals surface area contributed by atoms with Crippen molar-refractivity contribution in [3.05, 3.63) is 70.7 Å². The molecule has 1 N–H and O–H groups in total. The van der Waals surface area contributed by atoms with Gasteiger partial charge in [0.15, 0.2) is 0 Å².